The number of benzene rings is 1. The SMILES string of the molecule is O=C(CNC(=O)c1c[nH]c(=S)n1-c1ccc(F)cc1)NCc1ccco1. The molecule has 0 saturated heterocycles. The molecule has 2 amide bonds. The van der Waals surface area contributed by atoms with E-state index in [9.17, 15) is 14.0 Å². The van der Waals surface area contributed by atoms with Crippen molar-refractivity contribution in [1.29, 1.82) is 0 Å². The van der Waals surface area contributed by atoms with E-state index in [0.717, 1.165) is 0 Å². The van der Waals surface area contributed by atoms with Gasteiger partial charge >= 0.3 is 0 Å². The molecule has 0 radical (unpaired) electrons. The first-order valence-electron chi connectivity index (χ1n) is 7.68. The highest BCUT2D eigenvalue weighted by Crippen LogP contribution is 2.13. The molecule has 0 saturated carbocycles. The van der Waals surface area contributed by atoms with Crippen LogP contribution in [-0.4, -0.2) is 27.9 Å². The summed E-state index contributed by atoms with van der Waals surface area (Å²) in [6.45, 7) is 0.0264. The summed E-state index contributed by atoms with van der Waals surface area (Å²) in [6.07, 6.45) is 2.94. The largest absolute Gasteiger partial charge is 0.467 e. The average molecular weight is 374 g/mol. The van der Waals surface area contributed by atoms with Gasteiger partial charge in [-0.15, -0.1) is 0 Å². The third-order valence-corrected chi connectivity index (χ3v) is 3.84. The van der Waals surface area contributed by atoms with Gasteiger partial charge < -0.3 is 20.0 Å². The Morgan fingerprint density at radius 2 is 1.96 bits per heavy atom. The number of imidazole rings is 1. The third-order valence-electron chi connectivity index (χ3n) is 3.54. The third kappa shape index (κ3) is 4.06. The van der Waals surface area contributed by atoms with Crippen LogP contribution in [0.1, 0.15) is 16.2 Å². The minimum atomic E-state index is -0.491. The smallest absolute Gasteiger partial charge is 0.270 e. The summed E-state index contributed by atoms with van der Waals surface area (Å²) in [5.74, 6) is -0.637. The molecule has 26 heavy (non-hydrogen) atoms. The second-order valence-corrected chi connectivity index (χ2v) is 5.72. The molecule has 1 aromatic carbocycles. The van der Waals surface area contributed by atoms with Gasteiger partial charge in [0.1, 0.15) is 17.3 Å². The Morgan fingerprint density at radius 1 is 1.19 bits per heavy atom. The normalized spacial score (nSPS) is 10.5. The fraction of sp³-hybridized carbons (Fsp3) is 0.118. The lowest BCUT2D eigenvalue weighted by atomic mass is 10.3. The molecule has 0 aliphatic rings. The van der Waals surface area contributed by atoms with E-state index in [-0.39, 0.29) is 29.5 Å². The molecule has 3 aromatic rings. The van der Waals surface area contributed by atoms with Crippen LogP contribution in [0.4, 0.5) is 4.39 Å². The number of aromatic amines is 1. The number of carbonyl (C=O) groups excluding carboxylic acids is 2. The van der Waals surface area contributed by atoms with E-state index < -0.39 is 11.7 Å². The van der Waals surface area contributed by atoms with Crippen LogP contribution in [0.25, 0.3) is 5.69 Å². The quantitative estimate of drug-likeness (QED) is 0.578. The Kier molecular flexibility index (Phi) is 5.28. The van der Waals surface area contributed by atoms with Gasteiger partial charge in [-0.1, -0.05) is 0 Å². The van der Waals surface area contributed by atoms with E-state index >= 15 is 0 Å². The van der Waals surface area contributed by atoms with Crippen molar-refractivity contribution in [2.75, 3.05) is 6.54 Å². The highest BCUT2D eigenvalue weighted by molar-refractivity contribution is 7.71. The molecular weight excluding hydrogens is 359 g/mol. The number of hydrogen-bond donors (Lipinski definition) is 3. The predicted molar refractivity (Wildman–Crippen MR) is 93.8 cm³/mol. The van der Waals surface area contributed by atoms with Gasteiger partial charge in [-0.05, 0) is 48.6 Å². The molecule has 0 aliphatic heterocycles. The standard InChI is InChI=1S/C17H15FN4O3S/c18-11-3-5-12(6-4-11)22-14(9-21-17(22)26)16(24)20-10-15(23)19-8-13-2-1-7-25-13/h1-7,9H,8,10H2,(H,19,23)(H,20,24)(H,21,26). The first-order chi connectivity index (χ1) is 12.5. The molecule has 9 heteroatoms. The highest BCUT2D eigenvalue weighted by Gasteiger charge is 2.15. The predicted octanol–water partition coefficient (Wildman–Crippen LogP) is 2.31. The lowest BCUT2D eigenvalue weighted by Gasteiger charge is -2.09. The van der Waals surface area contributed by atoms with Crippen LogP contribution in [0, 0.1) is 10.6 Å². The number of furan rings is 1. The van der Waals surface area contributed by atoms with Crippen LogP contribution >= 0.6 is 12.2 Å². The van der Waals surface area contributed by atoms with Crippen molar-refractivity contribution >= 4 is 24.0 Å². The highest BCUT2D eigenvalue weighted by atomic mass is 32.1. The molecule has 3 N–H and O–H groups in total. The van der Waals surface area contributed by atoms with E-state index in [1.807, 2.05) is 0 Å². The van der Waals surface area contributed by atoms with Crippen LogP contribution < -0.4 is 10.6 Å². The zero-order valence-corrected chi connectivity index (χ0v) is 14.3. The molecule has 0 aliphatic carbocycles. The number of H-pyrrole nitrogens is 1. The fourth-order valence-electron chi connectivity index (χ4n) is 2.29. The summed E-state index contributed by atoms with van der Waals surface area (Å²) < 4.78 is 20.0. The van der Waals surface area contributed by atoms with Crippen molar-refractivity contribution in [3.05, 3.63) is 70.9 Å². The molecule has 2 aromatic heterocycles. The molecule has 0 atom stereocenters. The maximum Gasteiger partial charge on any atom is 0.270 e. The van der Waals surface area contributed by atoms with Crippen molar-refractivity contribution < 1.29 is 18.4 Å². The molecule has 7 nitrogen and oxygen atoms in total. The zero-order chi connectivity index (χ0) is 18.5. The zero-order valence-electron chi connectivity index (χ0n) is 13.5. The number of hydrogen-bond acceptors (Lipinski definition) is 4. The summed E-state index contributed by atoms with van der Waals surface area (Å²) in [6, 6.07) is 9.00. The van der Waals surface area contributed by atoms with Crippen LogP contribution in [0.2, 0.25) is 0 Å². The van der Waals surface area contributed by atoms with E-state index in [4.69, 9.17) is 16.6 Å². The van der Waals surface area contributed by atoms with Crippen molar-refractivity contribution in [3.8, 4) is 5.69 Å². The summed E-state index contributed by atoms with van der Waals surface area (Å²) in [5, 5.41) is 5.15. The number of amides is 2. The Bertz CT molecular complexity index is 961. The summed E-state index contributed by atoms with van der Waals surface area (Å²) >= 11 is 5.17. The van der Waals surface area contributed by atoms with Crippen LogP contribution in [-0.2, 0) is 11.3 Å². The van der Waals surface area contributed by atoms with Gasteiger partial charge in [-0.2, -0.15) is 0 Å². The topological polar surface area (TPSA) is 92.1 Å². The van der Waals surface area contributed by atoms with E-state index in [1.165, 1.54) is 41.3 Å². The van der Waals surface area contributed by atoms with Crippen molar-refractivity contribution in [2.24, 2.45) is 0 Å². The maximum atomic E-state index is 13.1. The monoisotopic (exact) mass is 374 g/mol. The van der Waals surface area contributed by atoms with Gasteiger partial charge in [0.15, 0.2) is 4.77 Å². The van der Waals surface area contributed by atoms with Crippen molar-refractivity contribution in [1.82, 2.24) is 20.2 Å². The van der Waals surface area contributed by atoms with E-state index in [1.54, 1.807) is 12.1 Å². The van der Waals surface area contributed by atoms with E-state index in [0.29, 0.717) is 11.4 Å². The molecule has 0 bridgehead atoms. The Hall–Kier alpha value is -3.20. The second-order valence-electron chi connectivity index (χ2n) is 5.33. The average Bonchev–Trinajstić information content (AvgIpc) is 3.28. The summed E-state index contributed by atoms with van der Waals surface area (Å²) in [4.78, 5) is 27.0. The Labute approximate surface area is 152 Å². The maximum absolute atomic E-state index is 13.1. The Balaban J connectivity index is 1.64. The number of carbonyl (C=O) groups is 2. The second kappa shape index (κ2) is 7.79. The molecule has 134 valence electrons. The number of halogens is 1. The van der Waals surface area contributed by atoms with Gasteiger partial charge in [0.25, 0.3) is 5.91 Å². The lowest BCUT2D eigenvalue weighted by molar-refractivity contribution is -0.120. The van der Waals surface area contributed by atoms with Gasteiger partial charge in [0.05, 0.1) is 19.4 Å². The van der Waals surface area contributed by atoms with Crippen molar-refractivity contribution in [2.45, 2.75) is 6.54 Å². The molecule has 0 spiro atoms. The molecular formula is C17H15FN4O3S. The number of nitrogens with zero attached hydrogens (tertiary/aromatic N) is 1. The van der Waals surface area contributed by atoms with Crippen molar-refractivity contribution in [3.63, 3.8) is 0 Å². The number of nitrogens with one attached hydrogen (secondary N) is 3. The number of rotatable bonds is 6. The fourth-order valence-corrected chi connectivity index (χ4v) is 2.56. The van der Waals surface area contributed by atoms with Gasteiger partial charge in [0.2, 0.25) is 5.91 Å². The first kappa shape index (κ1) is 17.6. The summed E-state index contributed by atoms with van der Waals surface area (Å²) in [5.41, 5.74) is 0.741. The van der Waals surface area contributed by atoms with Gasteiger partial charge in [-0.25, -0.2) is 4.39 Å². The Morgan fingerprint density at radius 3 is 2.65 bits per heavy atom. The molecule has 2 heterocycles. The minimum absolute atomic E-state index is 0.207. The van der Waals surface area contributed by atoms with Crippen LogP contribution in [0.3, 0.4) is 0 Å². The molecule has 0 fully saturated rings. The minimum Gasteiger partial charge on any atom is -0.467 e. The van der Waals surface area contributed by atoms with Crippen LogP contribution in [0.15, 0.2) is 53.3 Å². The van der Waals surface area contributed by atoms with Gasteiger partial charge in [0, 0.05) is 11.9 Å². The lowest BCUT2D eigenvalue weighted by Crippen LogP contribution is -2.37. The van der Waals surface area contributed by atoms with Crippen LogP contribution in [0.5, 0.6) is 0 Å². The summed E-state index contributed by atoms with van der Waals surface area (Å²) in [7, 11) is 0. The molecule has 3 rings (SSSR count). The number of aromatic nitrogens is 2. The van der Waals surface area contributed by atoms with Gasteiger partial charge in [-0.3, -0.25) is 14.2 Å². The molecule has 0 unspecified atom stereocenters. The van der Waals surface area contributed by atoms with E-state index in [2.05, 4.69) is 15.6 Å². The first-order valence-corrected chi connectivity index (χ1v) is 8.09.